The standard InChI is InChI=1S/C12H21NO3.C9H17NO.C8H15NO.CH3F.B/c1-4-16-12(15)10-7-5-9(13(2)3)6-8-11(10)14;1-10(2)8-4-3-5-9(11)7-6-8;1-9(2)7-3-5-8(10)6-4-7;1-2;/h9-10H,4-8H2,1-3H3;8H,3-7H2,1-2H3;7H,3-6H2,1-2H3;1H3;. The molecule has 0 spiro atoms. The highest BCUT2D eigenvalue weighted by Crippen LogP contribution is 2.24. The predicted octanol–water partition coefficient (Wildman–Crippen LogP) is 3.95. The molecule has 0 aromatic carbocycles. The van der Waals surface area contributed by atoms with E-state index < -0.39 is 5.92 Å². The molecule has 3 fully saturated rings. The van der Waals surface area contributed by atoms with Crippen molar-refractivity contribution in [2.24, 2.45) is 5.92 Å². The van der Waals surface area contributed by atoms with Gasteiger partial charge in [0.25, 0.3) is 0 Å². The monoisotopic (exact) mass is 568 g/mol. The summed E-state index contributed by atoms with van der Waals surface area (Å²) in [6.07, 6.45) is 11.5. The van der Waals surface area contributed by atoms with E-state index in [0.717, 1.165) is 64.2 Å². The smallest absolute Gasteiger partial charge is 0.316 e. The molecule has 3 atom stereocenters. The van der Waals surface area contributed by atoms with E-state index in [-0.39, 0.29) is 20.2 Å². The molecule has 10 heteroatoms. The zero-order valence-electron chi connectivity index (χ0n) is 26.5. The minimum Gasteiger partial charge on any atom is -0.465 e. The molecule has 0 N–H and O–H groups in total. The van der Waals surface area contributed by atoms with Crippen LogP contribution in [0.15, 0.2) is 0 Å². The van der Waals surface area contributed by atoms with Gasteiger partial charge in [0.15, 0.2) is 0 Å². The third-order valence-corrected chi connectivity index (χ3v) is 7.93. The van der Waals surface area contributed by atoms with E-state index in [9.17, 15) is 23.6 Å². The largest absolute Gasteiger partial charge is 0.465 e. The fraction of sp³-hybridized carbons (Fsp3) is 0.867. The molecule has 3 saturated carbocycles. The minimum atomic E-state index is -0.523. The van der Waals surface area contributed by atoms with Crippen molar-refractivity contribution >= 4 is 31.7 Å². The van der Waals surface area contributed by atoms with E-state index >= 15 is 0 Å². The maximum atomic E-state index is 11.8. The van der Waals surface area contributed by atoms with Crippen LogP contribution in [0.4, 0.5) is 4.39 Å². The second kappa shape index (κ2) is 23.0. The fourth-order valence-electron chi connectivity index (χ4n) is 5.25. The molecule has 3 radical (unpaired) electrons. The highest BCUT2D eigenvalue weighted by atomic mass is 19.1. The summed E-state index contributed by atoms with van der Waals surface area (Å²) < 4.78 is 14.4. The first-order valence-electron chi connectivity index (χ1n) is 14.6. The molecule has 0 amide bonds. The van der Waals surface area contributed by atoms with Crippen molar-refractivity contribution in [2.45, 2.75) is 109 Å². The van der Waals surface area contributed by atoms with Gasteiger partial charge in [0.05, 0.1) is 13.8 Å². The van der Waals surface area contributed by atoms with Crippen LogP contribution in [0.5, 0.6) is 0 Å². The fourth-order valence-corrected chi connectivity index (χ4v) is 5.25. The summed E-state index contributed by atoms with van der Waals surface area (Å²) >= 11 is 0. The number of halogens is 1. The van der Waals surface area contributed by atoms with Gasteiger partial charge in [0.1, 0.15) is 23.3 Å². The molecule has 0 saturated heterocycles. The van der Waals surface area contributed by atoms with E-state index in [1.54, 1.807) is 6.92 Å². The average molecular weight is 569 g/mol. The summed E-state index contributed by atoms with van der Waals surface area (Å²) in [6, 6.07) is 1.70. The number of ether oxygens (including phenoxy) is 1. The molecule has 0 aromatic heterocycles. The lowest BCUT2D eigenvalue weighted by Gasteiger charge is -2.26. The molecule has 0 aromatic rings. The number of rotatable bonds is 5. The van der Waals surface area contributed by atoms with Crippen LogP contribution in [0.2, 0.25) is 0 Å². The number of hydrogen-bond donors (Lipinski definition) is 0. The lowest BCUT2D eigenvalue weighted by molar-refractivity contribution is -0.151. The van der Waals surface area contributed by atoms with Crippen LogP contribution in [0.25, 0.3) is 0 Å². The Bertz CT molecular complexity index is 726. The van der Waals surface area contributed by atoms with Crippen LogP contribution in [0, 0.1) is 5.92 Å². The molecule has 0 bridgehead atoms. The Balaban J connectivity index is 0. The Labute approximate surface area is 245 Å². The van der Waals surface area contributed by atoms with Crippen molar-refractivity contribution in [3.63, 3.8) is 0 Å². The molecule has 0 heterocycles. The van der Waals surface area contributed by atoms with Crippen molar-refractivity contribution in [1.29, 1.82) is 0 Å². The Morgan fingerprint density at radius 1 is 0.675 bits per heavy atom. The second-order valence-electron chi connectivity index (χ2n) is 11.3. The number of nitrogens with zero attached hydrogens (tertiary/aromatic N) is 3. The highest BCUT2D eigenvalue weighted by molar-refractivity contribution is 5.99. The SMILES string of the molecule is CCOC(=O)C1CCC(N(C)C)CCC1=O.CF.CN(C)C1CCC(=O)CC1.CN(C)C1CCCC(=O)CC1.[B]. The lowest BCUT2D eigenvalue weighted by atomic mass is 9.94. The molecule has 3 aliphatic rings. The topological polar surface area (TPSA) is 87.2 Å². The van der Waals surface area contributed by atoms with Crippen molar-refractivity contribution in [1.82, 2.24) is 14.7 Å². The molecule has 3 unspecified atom stereocenters. The zero-order chi connectivity index (χ0) is 30.0. The number of carbonyl (C=O) groups excluding carboxylic acids is 4. The second-order valence-corrected chi connectivity index (χ2v) is 11.3. The predicted molar refractivity (Wildman–Crippen MR) is 160 cm³/mol. The molecular formula is C30H56BFN3O5. The molecule has 3 rings (SSSR count). The number of ketones is 3. The summed E-state index contributed by atoms with van der Waals surface area (Å²) in [4.78, 5) is 51.8. The van der Waals surface area contributed by atoms with Gasteiger partial charge in [0, 0.05) is 58.6 Å². The third kappa shape index (κ3) is 16.6. The number of Topliss-reactive ketones (excluding diaryl/α,β-unsaturated/α-hetero) is 3. The van der Waals surface area contributed by atoms with E-state index in [1.165, 1.54) is 6.42 Å². The quantitative estimate of drug-likeness (QED) is 0.213. The van der Waals surface area contributed by atoms with Gasteiger partial charge in [0.2, 0.25) is 0 Å². The van der Waals surface area contributed by atoms with Gasteiger partial charge in [-0.2, -0.15) is 0 Å². The normalized spacial score (nSPS) is 23.8. The zero-order valence-corrected chi connectivity index (χ0v) is 26.5. The van der Waals surface area contributed by atoms with Crippen LogP contribution in [-0.2, 0) is 23.9 Å². The number of carbonyl (C=O) groups is 4. The molecule has 3 aliphatic carbocycles. The maximum absolute atomic E-state index is 11.8. The first-order valence-corrected chi connectivity index (χ1v) is 14.6. The van der Waals surface area contributed by atoms with Crippen LogP contribution >= 0.6 is 0 Å². The maximum Gasteiger partial charge on any atom is 0.316 e. The van der Waals surface area contributed by atoms with E-state index in [4.69, 9.17) is 4.74 Å². The van der Waals surface area contributed by atoms with Crippen molar-refractivity contribution in [3.8, 4) is 0 Å². The molecule has 0 aliphatic heterocycles. The van der Waals surface area contributed by atoms with Gasteiger partial charge in [-0.15, -0.1) is 0 Å². The Kier molecular flexibility index (Phi) is 23.3. The summed E-state index contributed by atoms with van der Waals surface area (Å²) in [7, 11) is 12.9. The lowest BCUT2D eigenvalue weighted by Crippen LogP contribution is -2.32. The number of hydrogen-bond acceptors (Lipinski definition) is 8. The molecule has 231 valence electrons. The summed E-state index contributed by atoms with van der Waals surface area (Å²) in [6.45, 7) is 2.11. The van der Waals surface area contributed by atoms with Crippen LogP contribution in [0.1, 0.15) is 90.4 Å². The van der Waals surface area contributed by atoms with Gasteiger partial charge in [-0.25, -0.2) is 0 Å². The number of alkyl halides is 1. The summed E-state index contributed by atoms with van der Waals surface area (Å²) in [5.41, 5.74) is 0. The van der Waals surface area contributed by atoms with Crippen molar-refractivity contribution < 1.29 is 28.3 Å². The number of esters is 1. The Hall–Kier alpha value is -1.65. The third-order valence-electron chi connectivity index (χ3n) is 7.93. The van der Waals surface area contributed by atoms with E-state index in [0.29, 0.717) is 56.3 Å². The van der Waals surface area contributed by atoms with Gasteiger partial charge < -0.3 is 19.4 Å². The summed E-state index contributed by atoms with van der Waals surface area (Å²) in [5, 5.41) is 0. The van der Waals surface area contributed by atoms with Crippen LogP contribution in [-0.4, -0.2) is 121 Å². The van der Waals surface area contributed by atoms with Crippen molar-refractivity contribution in [2.75, 3.05) is 56.1 Å². The van der Waals surface area contributed by atoms with E-state index in [1.807, 2.05) is 14.1 Å². The van der Waals surface area contributed by atoms with E-state index in [2.05, 4.69) is 42.9 Å². The van der Waals surface area contributed by atoms with Gasteiger partial charge in [-0.3, -0.25) is 23.6 Å². The highest BCUT2D eigenvalue weighted by Gasteiger charge is 2.32. The van der Waals surface area contributed by atoms with Gasteiger partial charge in [-0.05, 0) is 101 Å². The first kappa shape index (κ1) is 40.5. The Morgan fingerprint density at radius 3 is 1.52 bits per heavy atom. The molecule has 40 heavy (non-hydrogen) atoms. The van der Waals surface area contributed by atoms with Gasteiger partial charge >= 0.3 is 5.97 Å². The molecule has 8 nitrogen and oxygen atoms in total. The Morgan fingerprint density at radius 2 is 1.07 bits per heavy atom. The average Bonchev–Trinajstić information content (AvgIpc) is 3.24. The van der Waals surface area contributed by atoms with Gasteiger partial charge in [-0.1, -0.05) is 0 Å². The summed E-state index contributed by atoms with van der Waals surface area (Å²) in [5.74, 6) is 0.0760. The van der Waals surface area contributed by atoms with Crippen molar-refractivity contribution in [3.05, 3.63) is 0 Å². The van der Waals surface area contributed by atoms with Crippen LogP contribution < -0.4 is 0 Å². The first-order chi connectivity index (χ1) is 18.5. The minimum absolute atomic E-state index is 0. The van der Waals surface area contributed by atoms with Crippen LogP contribution in [0.3, 0.4) is 0 Å². The molecular weight excluding hydrogens is 512 g/mol.